The lowest BCUT2D eigenvalue weighted by atomic mass is 9.63. The van der Waals surface area contributed by atoms with Crippen molar-refractivity contribution < 1.29 is 48.0 Å². The maximum Gasteiger partial charge on any atom is 0.305 e. The number of benzene rings is 3. The van der Waals surface area contributed by atoms with Gasteiger partial charge in [-0.15, -0.1) is 0 Å². The minimum Gasteiger partial charge on any atom is -0.456 e. The number of ether oxygens (including phenoxy) is 5. The highest BCUT2D eigenvalue weighted by molar-refractivity contribution is 5.69. The van der Waals surface area contributed by atoms with Gasteiger partial charge in [0.15, 0.2) is 12.2 Å². The van der Waals surface area contributed by atoms with Gasteiger partial charge < -0.3 is 28.8 Å². The fourth-order valence-corrected chi connectivity index (χ4v) is 5.68. The Balaban J connectivity index is 2.01. The second-order valence-electron chi connectivity index (χ2n) is 10.2. The predicted molar refractivity (Wildman–Crippen MR) is 152 cm³/mol. The van der Waals surface area contributed by atoms with E-state index in [9.17, 15) is 24.3 Å². The van der Waals surface area contributed by atoms with Gasteiger partial charge in [0.2, 0.25) is 12.4 Å². The summed E-state index contributed by atoms with van der Waals surface area (Å²) < 4.78 is 28.3. The van der Waals surface area contributed by atoms with E-state index in [1.807, 2.05) is 91.0 Å². The smallest absolute Gasteiger partial charge is 0.305 e. The number of esters is 4. The molecule has 0 spiro atoms. The molecule has 1 aliphatic heterocycles. The van der Waals surface area contributed by atoms with Crippen molar-refractivity contribution in [3.8, 4) is 0 Å². The first-order valence-electron chi connectivity index (χ1n) is 13.7. The second-order valence-corrected chi connectivity index (χ2v) is 10.2. The van der Waals surface area contributed by atoms with Crippen molar-refractivity contribution in [2.24, 2.45) is 0 Å². The summed E-state index contributed by atoms with van der Waals surface area (Å²) in [5.41, 5.74) is 0.642. The van der Waals surface area contributed by atoms with E-state index in [0.717, 1.165) is 27.7 Å². The zero-order chi connectivity index (χ0) is 31.1. The Hall–Kier alpha value is -4.54. The summed E-state index contributed by atoms with van der Waals surface area (Å²) in [5.74, 6) is -3.16. The van der Waals surface area contributed by atoms with Crippen LogP contribution < -0.4 is 0 Å². The third-order valence-corrected chi connectivity index (χ3v) is 7.16. The molecule has 10 heteroatoms. The molecule has 1 aliphatic rings. The molecule has 10 nitrogen and oxygen atoms in total. The third kappa shape index (κ3) is 6.76. The Morgan fingerprint density at radius 1 is 0.581 bits per heavy atom. The molecule has 0 amide bonds. The van der Waals surface area contributed by atoms with Gasteiger partial charge in [0.25, 0.3) is 0 Å². The van der Waals surface area contributed by atoms with Crippen molar-refractivity contribution in [1.82, 2.24) is 0 Å². The Morgan fingerprint density at radius 3 is 1.30 bits per heavy atom. The summed E-state index contributed by atoms with van der Waals surface area (Å²) >= 11 is 0. The van der Waals surface area contributed by atoms with Crippen LogP contribution in [0.5, 0.6) is 0 Å². The highest BCUT2D eigenvalue weighted by Crippen LogP contribution is 2.46. The maximum absolute atomic E-state index is 12.7. The molecule has 1 heterocycles. The van der Waals surface area contributed by atoms with Gasteiger partial charge in [0.1, 0.15) is 12.2 Å². The first-order chi connectivity index (χ1) is 20.5. The van der Waals surface area contributed by atoms with Crippen LogP contribution >= 0.6 is 0 Å². The van der Waals surface area contributed by atoms with E-state index in [4.69, 9.17) is 23.7 Å². The van der Waals surface area contributed by atoms with E-state index in [2.05, 4.69) is 0 Å². The number of carbonyl (C=O) groups is 4. The molecule has 1 fully saturated rings. The molecule has 226 valence electrons. The summed E-state index contributed by atoms with van der Waals surface area (Å²) in [5, 5.41) is 12.7. The van der Waals surface area contributed by atoms with Crippen LogP contribution in [0.2, 0.25) is 0 Å². The molecule has 0 bridgehead atoms. The van der Waals surface area contributed by atoms with Crippen molar-refractivity contribution >= 4 is 23.9 Å². The molecule has 4 rings (SSSR count). The summed E-state index contributed by atoms with van der Waals surface area (Å²) in [6, 6.07) is 27.6. The molecular formula is C33H34O10. The van der Waals surface area contributed by atoms with E-state index in [1.165, 1.54) is 0 Å². The van der Waals surface area contributed by atoms with Gasteiger partial charge in [-0.2, -0.15) is 0 Å². The number of aliphatic hydroxyl groups excluding tert-OH is 1. The summed E-state index contributed by atoms with van der Waals surface area (Å²) in [6.07, 6.45) is -9.20. The molecule has 0 radical (unpaired) electrons. The predicted octanol–water partition coefficient (Wildman–Crippen LogP) is 3.47. The zero-order valence-electron chi connectivity index (χ0n) is 24.2. The van der Waals surface area contributed by atoms with Crippen molar-refractivity contribution in [3.05, 3.63) is 108 Å². The van der Waals surface area contributed by atoms with Gasteiger partial charge >= 0.3 is 23.9 Å². The molecule has 0 aromatic heterocycles. The second kappa shape index (κ2) is 13.6. The lowest BCUT2D eigenvalue weighted by Gasteiger charge is -2.49. The van der Waals surface area contributed by atoms with Gasteiger partial charge in [-0.3, -0.25) is 19.2 Å². The number of aliphatic hydroxyl groups is 1. The number of carbonyl (C=O) groups excluding carboxylic acids is 4. The van der Waals surface area contributed by atoms with Gasteiger partial charge in [-0.1, -0.05) is 91.0 Å². The van der Waals surface area contributed by atoms with Crippen molar-refractivity contribution in [1.29, 1.82) is 0 Å². The molecule has 0 aliphatic carbocycles. The topological polar surface area (TPSA) is 135 Å². The van der Waals surface area contributed by atoms with Crippen LogP contribution in [0.1, 0.15) is 44.4 Å². The third-order valence-electron chi connectivity index (χ3n) is 7.16. The largest absolute Gasteiger partial charge is 0.456 e. The highest BCUT2D eigenvalue weighted by atomic mass is 16.7. The highest BCUT2D eigenvalue weighted by Gasteiger charge is 2.59. The zero-order valence-corrected chi connectivity index (χ0v) is 24.2. The summed E-state index contributed by atoms with van der Waals surface area (Å²) in [6.45, 7) is 4.51. The van der Waals surface area contributed by atoms with Crippen LogP contribution in [-0.2, 0) is 48.3 Å². The average molecular weight is 591 g/mol. The lowest BCUT2D eigenvalue weighted by molar-refractivity contribution is -0.310. The van der Waals surface area contributed by atoms with E-state index in [0.29, 0.717) is 16.7 Å². The van der Waals surface area contributed by atoms with Gasteiger partial charge in [-0.05, 0) is 16.7 Å². The van der Waals surface area contributed by atoms with Crippen LogP contribution in [-0.4, -0.2) is 65.8 Å². The van der Waals surface area contributed by atoms with E-state index >= 15 is 0 Å². The van der Waals surface area contributed by atoms with Crippen molar-refractivity contribution in [3.63, 3.8) is 0 Å². The van der Waals surface area contributed by atoms with Crippen LogP contribution in [0.4, 0.5) is 0 Å². The lowest BCUT2D eigenvalue weighted by Crippen LogP contribution is -2.67. The summed E-state index contributed by atoms with van der Waals surface area (Å²) in [7, 11) is 0. The number of hydrogen-bond acceptors (Lipinski definition) is 10. The van der Waals surface area contributed by atoms with Crippen molar-refractivity contribution in [2.45, 2.75) is 69.9 Å². The minimum atomic E-state index is -1.63. The van der Waals surface area contributed by atoms with Gasteiger partial charge in [0, 0.05) is 27.7 Å². The van der Waals surface area contributed by atoms with Gasteiger partial charge in [0.05, 0.1) is 5.41 Å². The van der Waals surface area contributed by atoms with Crippen LogP contribution in [0, 0.1) is 0 Å². The van der Waals surface area contributed by atoms with Crippen molar-refractivity contribution in [2.75, 3.05) is 0 Å². The molecule has 3 aromatic rings. The first kappa shape index (κ1) is 31.4. The van der Waals surface area contributed by atoms with Crippen LogP contribution in [0.15, 0.2) is 91.0 Å². The molecule has 1 saturated heterocycles. The van der Waals surface area contributed by atoms with Gasteiger partial charge in [-0.25, -0.2) is 0 Å². The maximum atomic E-state index is 12.7. The minimum absolute atomic E-state index is 0.667. The average Bonchev–Trinajstić information content (AvgIpc) is 2.97. The van der Waals surface area contributed by atoms with E-state index in [-0.39, 0.29) is 0 Å². The monoisotopic (exact) mass is 590 g/mol. The normalized spacial score (nSPS) is 22.5. The number of rotatable bonds is 9. The van der Waals surface area contributed by atoms with Crippen LogP contribution in [0.25, 0.3) is 0 Å². The molecule has 3 aromatic carbocycles. The van der Waals surface area contributed by atoms with Crippen LogP contribution in [0.3, 0.4) is 0 Å². The Morgan fingerprint density at radius 2 is 0.930 bits per heavy atom. The fraction of sp³-hybridized carbons (Fsp3) is 0.333. The molecule has 43 heavy (non-hydrogen) atoms. The fourth-order valence-electron chi connectivity index (χ4n) is 5.68. The quantitative estimate of drug-likeness (QED) is 0.224. The standard InChI is InChI=1S/C33H34O10/c1-20(34)39-27-28(40-21(2)35)30(41-22(3)36)32(42-23(4)37)43-29(27)31(38)33(24-14-8-5-9-15-24,25-16-10-6-11-17-25)26-18-12-7-13-19-26/h5-19,27-32,38H,1-4H3/t27-,28-,29-,30+,31-,32+/m0/s1. The molecule has 6 atom stereocenters. The SMILES string of the molecule is CC(=O)O[C@@H]1O[C@H]([C@H](O)C(c2ccccc2)(c2ccccc2)c2ccccc2)[C@@H](OC(C)=O)[C@H](OC(C)=O)[C@H]1OC(C)=O. The molecular weight excluding hydrogens is 556 g/mol. The Labute approximate surface area is 249 Å². The summed E-state index contributed by atoms with van der Waals surface area (Å²) in [4.78, 5) is 49.1. The van der Waals surface area contributed by atoms with E-state index in [1.54, 1.807) is 0 Å². The molecule has 1 N–H and O–H groups in total. The Bertz CT molecular complexity index is 1310. The molecule has 0 unspecified atom stereocenters. The number of hydrogen-bond donors (Lipinski definition) is 1. The van der Waals surface area contributed by atoms with E-state index < -0.39 is 66.1 Å². The molecule has 0 saturated carbocycles. The first-order valence-corrected chi connectivity index (χ1v) is 13.7. The Kier molecular flexibility index (Phi) is 9.95.